The summed E-state index contributed by atoms with van der Waals surface area (Å²) in [5.41, 5.74) is 2.41. The van der Waals surface area contributed by atoms with Gasteiger partial charge in [0.25, 0.3) is 5.91 Å². The van der Waals surface area contributed by atoms with Crippen molar-refractivity contribution in [1.29, 1.82) is 0 Å². The van der Waals surface area contributed by atoms with Crippen LogP contribution in [0.2, 0.25) is 5.02 Å². The van der Waals surface area contributed by atoms with Crippen molar-refractivity contribution in [1.82, 2.24) is 5.32 Å². The van der Waals surface area contributed by atoms with Gasteiger partial charge in [-0.1, -0.05) is 23.7 Å². The number of halogens is 1. The molecule has 2 fully saturated rings. The Bertz CT molecular complexity index is 911. The molecule has 0 aliphatic carbocycles. The predicted octanol–water partition coefficient (Wildman–Crippen LogP) is 2.89. The molecule has 0 bridgehead atoms. The Kier molecular flexibility index (Phi) is 5.15. The van der Waals surface area contributed by atoms with Gasteiger partial charge in [-0.05, 0) is 48.4 Å². The van der Waals surface area contributed by atoms with E-state index in [4.69, 9.17) is 11.6 Å². The van der Waals surface area contributed by atoms with Crippen molar-refractivity contribution in [2.75, 3.05) is 16.3 Å². The third kappa shape index (κ3) is 3.66. The topological polar surface area (TPSA) is 69.7 Å². The number of carbonyl (C=O) groups is 3. The minimum absolute atomic E-state index is 0.127. The predicted molar refractivity (Wildman–Crippen MR) is 107 cm³/mol. The fraction of sp³-hybridized carbons (Fsp3) is 0.286. The summed E-state index contributed by atoms with van der Waals surface area (Å²) in [6, 6.07) is 13.8. The summed E-state index contributed by atoms with van der Waals surface area (Å²) in [6.07, 6.45) is 1.62. The molecular weight excluding hydrogens is 378 g/mol. The van der Waals surface area contributed by atoms with Crippen LogP contribution in [0, 0.1) is 0 Å². The number of carbonyl (C=O) groups excluding carboxylic acids is 3. The van der Waals surface area contributed by atoms with E-state index in [1.807, 2.05) is 24.3 Å². The lowest BCUT2D eigenvalue weighted by Gasteiger charge is -2.17. The van der Waals surface area contributed by atoms with Gasteiger partial charge in [0.2, 0.25) is 11.8 Å². The number of rotatable bonds is 5. The second-order valence-electron chi connectivity index (χ2n) is 7.00. The number of nitrogens with one attached hydrogen (secondary N) is 1. The van der Waals surface area contributed by atoms with Crippen molar-refractivity contribution in [2.24, 2.45) is 0 Å². The summed E-state index contributed by atoms with van der Waals surface area (Å²) in [5, 5.41) is 3.72. The van der Waals surface area contributed by atoms with Gasteiger partial charge in [0, 0.05) is 30.2 Å². The maximum atomic E-state index is 12.7. The molecule has 0 saturated carbocycles. The summed E-state index contributed by atoms with van der Waals surface area (Å²) in [4.78, 5) is 39.8. The minimum atomic E-state index is -0.553. The normalized spacial score (nSPS) is 19.8. The number of anilines is 2. The van der Waals surface area contributed by atoms with Crippen LogP contribution in [0.5, 0.6) is 0 Å². The van der Waals surface area contributed by atoms with Gasteiger partial charge in [0.1, 0.15) is 0 Å². The van der Waals surface area contributed by atoms with Crippen molar-refractivity contribution in [3.8, 4) is 0 Å². The van der Waals surface area contributed by atoms with E-state index in [-0.39, 0.29) is 24.1 Å². The third-order valence-corrected chi connectivity index (χ3v) is 5.36. The van der Waals surface area contributed by atoms with Crippen molar-refractivity contribution in [3.05, 3.63) is 59.1 Å². The highest BCUT2D eigenvalue weighted by atomic mass is 35.5. The maximum Gasteiger partial charge on any atom is 0.251 e. The highest BCUT2D eigenvalue weighted by Crippen LogP contribution is 2.25. The van der Waals surface area contributed by atoms with Crippen molar-refractivity contribution < 1.29 is 14.4 Å². The van der Waals surface area contributed by atoms with Gasteiger partial charge in [-0.3, -0.25) is 14.4 Å². The molecule has 0 spiro atoms. The summed E-state index contributed by atoms with van der Waals surface area (Å²) < 4.78 is 0. The molecule has 144 valence electrons. The molecule has 7 heteroatoms. The SMILES string of the molecule is O=C1CCCN1c1ccc(CN[C@H]2CC(=O)N(c3ccc(Cl)cc3)C2=O)cc1. The van der Waals surface area contributed by atoms with E-state index in [0.717, 1.165) is 24.2 Å². The average molecular weight is 398 g/mol. The molecule has 2 heterocycles. The van der Waals surface area contributed by atoms with Gasteiger partial charge in [0.15, 0.2) is 0 Å². The van der Waals surface area contributed by atoms with Crippen LogP contribution in [0.15, 0.2) is 48.5 Å². The van der Waals surface area contributed by atoms with Crippen LogP contribution < -0.4 is 15.1 Å². The first-order valence-corrected chi connectivity index (χ1v) is 9.66. The number of hydrogen-bond acceptors (Lipinski definition) is 4. The van der Waals surface area contributed by atoms with E-state index in [9.17, 15) is 14.4 Å². The molecule has 3 amide bonds. The van der Waals surface area contributed by atoms with E-state index in [0.29, 0.717) is 23.7 Å². The number of hydrogen-bond donors (Lipinski definition) is 1. The largest absolute Gasteiger partial charge is 0.312 e. The zero-order valence-corrected chi connectivity index (χ0v) is 16.0. The summed E-state index contributed by atoms with van der Waals surface area (Å²) in [5.74, 6) is -0.331. The van der Waals surface area contributed by atoms with Gasteiger partial charge in [0.05, 0.1) is 18.2 Å². The Hall–Kier alpha value is -2.70. The number of nitrogens with zero attached hydrogens (tertiary/aromatic N) is 2. The molecule has 2 aromatic carbocycles. The zero-order chi connectivity index (χ0) is 19.7. The summed E-state index contributed by atoms with van der Waals surface area (Å²) >= 11 is 5.88. The highest BCUT2D eigenvalue weighted by molar-refractivity contribution is 6.30. The Labute approximate surface area is 168 Å². The molecule has 28 heavy (non-hydrogen) atoms. The molecule has 2 aliphatic rings. The zero-order valence-electron chi connectivity index (χ0n) is 15.2. The molecule has 6 nitrogen and oxygen atoms in total. The number of imide groups is 1. The molecule has 0 radical (unpaired) electrons. The van der Waals surface area contributed by atoms with Crippen LogP contribution in [-0.4, -0.2) is 30.3 Å². The van der Waals surface area contributed by atoms with Gasteiger partial charge in [-0.25, -0.2) is 4.90 Å². The van der Waals surface area contributed by atoms with E-state index in [1.165, 1.54) is 4.90 Å². The minimum Gasteiger partial charge on any atom is -0.312 e. The first-order valence-electron chi connectivity index (χ1n) is 9.28. The number of benzene rings is 2. The monoisotopic (exact) mass is 397 g/mol. The quantitative estimate of drug-likeness (QED) is 0.787. The Morgan fingerprint density at radius 2 is 1.61 bits per heavy atom. The van der Waals surface area contributed by atoms with E-state index < -0.39 is 6.04 Å². The molecule has 0 unspecified atom stereocenters. The number of amides is 3. The molecule has 4 rings (SSSR count). The highest BCUT2D eigenvalue weighted by Gasteiger charge is 2.39. The molecular formula is C21H20ClN3O3. The van der Waals surface area contributed by atoms with Gasteiger partial charge in [-0.15, -0.1) is 0 Å². The lowest BCUT2D eigenvalue weighted by atomic mass is 10.1. The first kappa shape index (κ1) is 18.7. The van der Waals surface area contributed by atoms with E-state index >= 15 is 0 Å². The standard InChI is InChI=1S/C21H20ClN3O3/c22-15-5-9-17(10-6-15)25-20(27)12-18(21(25)28)23-13-14-3-7-16(8-4-14)24-11-1-2-19(24)26/h3-10,18,23H,1-2,11-13H2/t18-/m0/s1. The molecule has 0 aromatic heterocycles. The van der Waals surface area contributed by atoms with Crippen LogP contribution in [0.4, 0.5) is 11.4 Å². The van der Waals surface area contributed by atoms with Crippen LogP contribution in [0.25, 0.3) is 0 Å². The Balaban J connectivity index is 1.38. The third-order valence-electron chi connectivity index (χ3n) is 5.11. The van der Waals surface area contributed by atoms with E-state index in [1.54, 1.807) is 29.2 Å². The van der Waals surface area contributed by atoms with Gasteiger partial charge in [-0.2, -0.15) is 0 Å². The Morgan fingerprint density at radius 1 is 0.929 bits per heavy atom. The maximum absolute atomic E-state index is 12.7. The van der Waals surface area contributed by atoms with E-state index in [2.05, 4.69) is 5.32 Å². The lowest BCUT2D eigenvalue weighted by Crippen LogP contribution is -2.38. The second-order valence-corrected chi connectivity index (χ2v) is 7.43. The van der Waals surface area contributed by atoms with Gasteiger partial charge < -0.3 is 10.2 Å². The smallest absolute Gasteiger partial charge is 0.251 e. The summed E-state index contributed by atoms with van der Waals surface area (Å²) in [7, 11) is 0. The fourth-order valence-corrected chi connectivity index (χ4v) is 3.73. The summed E-state index contributed by atoms with van der Waals surface area (Å²) in [6.45, 7) is 1.22. The van der Waals surface area contributed by atoms with Crippen LogP contribution in [-0.2, 0) is 20.9 Å². The fourth-order valence-electron chi connectivity index (χ4n) is 3.61. The second kappa shape index (κ2) is 7.73. The lowest BCUT2D eigenvalue weighted by molar-refractivity contribution is -0.122. The van der Waals surface area contributed by atoms with Crippen molar-refractivity contribution in [2.45, 2.75) is 31.8 Å². The van der Waals surface area contributed by atoms with Crippen LogP contribution in [0.1, 0.15) is 24.8 Å². The van der Waals surface area contributed by atoms with Crippen molar-refractivity contribution in [3.63, 3.8) is 0 Å². The molecule has 2 aliphatic heterocycles. The molecule has 1 N–H and O–H groups in total. The van der Waals surface area contributed by atoms with Crippen LogP contribution >= 0.6 is 11.6 Å². The molecule has 2 saturated heterocycles. The average Bonchev–Trinajstić information content (AvgIpc) is 3.24. The Morgan fingerprint density at radius 3 is 2.25 bits per heavy atom. The van der Waals surface area contributed by atoms with Gasteiger partial charge >= 0.3 is 0 Å². The van der Waals surface area contributed by atoms with Crippen LogP contribution in [0.3, 0.4) is 0 Å². The van der Waals surface area contributed by atoms with Crippen molar-refractivity contribution >= 4 is 40.7 Å². The first-order chi connectivity index (χ1) is 13.5. The molecule has 1 atom stereocenters. The molecule has 2 aromatic rings.